The summed E-state index contributed by atoms with van der Waals surface area (Å²) in [6, 6.07) is 0. The quantitative estimate of drug-likeness (QED) is 0.0195. The SMILES string of the molecule is CC/C=C\C/C=C\C/C=C\C/C=C\C/C=C\C/C=C\CCCCCCCCCCCCCCCCC(=O)OC(COC(=O)CCCCCCCCCCCCCCCCCCC/C=C\C/C=C\C/C=C\C/C=C\C/C=C\CC)COP(=O)([O-])OCC[N+](C)(C)C. The predicted molar refractivity (Wildman–Crippen MR) is 388 cm³/mol. The highest BCUT2D eigenvalue weighted by Gasteiger charge is 2.22. The maximum atomic E-state index is 12.9. The minimum atomic E-state index is -4.65. The molecule has 0 radical (unpaired) electrons. The van der Waals surface area contributed by atoms with Crippen molar-refractivity contribution in [3.63, 3.8) is 0 Å². The lowest BCUT2D eigenvalue weighted by Gasteiger charge is -2.28. The first kappa shape index (κ1) is 86.2. The van der Waals surface area contributed by atoms with Gasteiger partial charge < -0.3 is 27.9 Å². The second-order valence-corrected chi connectivity index (χ2v) is 27.0. The van der Waals surface area contributed by atoms with Crippen molar-refractivity contribution in [3.8, 4) is 0 Å². The lowest BCUT2D eigenvalue weighted by atomic mass is 10.0. The molecular weight excluding hydrogens is 1130 g/mol. The van der Waals surface area contributed by atoms with E-state index in [9.17, 15) is 19.0 Å². The second-order valence-electron chi connectivity index (χ2n) is 25.5. The Hall–Kier alpha value is -3.85. The van der Waals surface area contributed by atoms with Crippen LogP contribution in [0.3, 0.4) is 0 Å². The van der Waals surface area contributed by atoms with E-state index in [0.717, 1.165) is 109 Å². The summed E-state index contributed by atoms with van der Waals surface area (Å²) in [5.74, 6) is -0.829. The summed E-state index contributed by atoms with van der Waals surface area (Å²) >= 11 is 0. The molecule has 0 rings (SSSR count). The van der Waals surface area contributed by atoms with E-state index >= 15 is 0 Å². The average molecular weight is 1270 g/mol. The lowest BCUT2D eigenvalue weighted by Crippen LogP contribution is -2.37. The number of allylic oxidation sites excluding steroid dienone is 22. The number of nitrogens with zero attached hydrogens (tertiary/aromatic N) is 1. The summed E-state index contributed by atoms with van der Waals surface area (Å²) in [4.78, 5) is 38.1. The Balaban J connectivity index is 4.03. The first-order valence-electron chi connectivity index (χ1n) is 36.9. The summed E-state index contributed by atoms with van der Waals surface area (Å²) in [6.07, 6.45) is 101. The van der Waals surface area contributed by atoms with Crippen LogP contribution in [0, 0.1) is 0 Å². The van der Waals surface area contributed by atoms with Crippen LogP contribution in [-0.4, -0.2) is 70.0 Å². The van der Waals surface area contributed by atoms with Gasteiger partial charge in [-0.2, -0.15) is 0 Å². The molecule has 0 amide bonds. The Morgan fingerprint density at radius 3 is 0.889 bits per heavy atom. The smallest absolute Gasteiger partial charge is 0.306 e. The van der Waals surface area contributed by atoms with E-state index in [-0.39, 0.29) is 32.0 Å². The average Bonchev–Trinajstić information content (AvgIpc) is 3.58. The standard InChI is InChI=1S/C80H138NO8P/c1-6-8-10-12-14-16-18-20-22-24-26-28-30-32-34-36-38-40-42-44-46-48-50-52-54-56-58-60-62-64-66-68-70-72-79(82)86-76-78(77-88-90(84,85)87-75-74-81(3,4)5)89-80(83)73-71-69-67-65-63-61-59-57-55-53-51-49-47-45-43-41-39-37-35-33-31-29-27-25-23-21-19-17-15-13-11-9-7-2/h8-11,14-17,20-23,26-29,32-35,39,41,78H,6-7,12-13,18-19,24-25,30-31,36-38,40,42-77H2,1-5H3/b10-8-,11-9-,16-14-,17-15-,22-20-,23-21-,28-26-,29-27-,34-32-,35-33-,41-39-. The van der Waals surface area contributed by atoms with Crippen molar-refractivity contribution in [1.29, 1.82) is 0 Å². The Morgan fingerprint density at radius 1 is 0.344 bits per heavy atom. The highest BCUT2D eigenvalue weighted by molar-refractivity contribution is 7.45. The third-order valence-corrected chi connectivity index (χ3v) is 16.6. The molecule has 0 saturated carbocycles. The Labute approximate surface area is 555 Å². The van der Waals surface area contributed by atoms with E-state index in [1.807, 2.05) is 21.1 Å². The van der Waals surface area contributed by atoms with E-state index in [0.29, 0.717) is 17.4 Å². The van der Waals surface area contributed by atoms with Crippen molar-refractivity contribution in [2.24, 2.45) is 0 Å². The Kier molecular flexibility index (Phi) is 66.5. The van der Waals surface area contributed by atoms with Gasteiger partial charge in [0.2, 0.25) is 0 Å². The van der Waals surface area contributed by atoms with Gasteiger partial charge in [0.15, 0.2) is 6.10 Å². The van der Waals surface area contributed by atoms with Crippen molar-refractivity contribution < 1.29 is 42.1 Å². The first-order chi connectivity index (χ1) is 44.0. The molecule has 0 aromatic carbocycles. The summed E-state index contributed by atoms with van der Waals surface area (Å²) < 4.78 is 34.4. The van der Waals surface area contributed by atoms with Crippen molar-refractivity contribution in [1.82, 2.24) is 0 Å². The van der Waals surface area contributed by atoms with Gasteiger partial charge in [-0.25, -0.2) is 0 Å². The van der Waals surface area contributed by atoms with Gasteiger partial charge in [0.25, 0.3) is 7.82 Å². The molecule has 516 valence electrons. The van der Waals surface area contributed by atoms with Crippen LogP contribution in [0.15, 0.2) is 134 Å². The van der Waals surface area contributed by atoms with Crippen LogP contribution in [0.25, 0.3) is 0 Å². The van der Waals surface area contributed by atoms with Gasteiger partial charge in [-0.15, -0.1) is 0 Å². The maximum absolute atomic E-state index is 12.9. The number of carbonyl (C=O) groups excluding carboxylic acids is 2. The van der Waals surface area contributed by atoms with E-state index in [2.05, 4.69) is 148 Å². The minimum absolute atomic E-state index is 0.0347. The van der Waals surface area contributed by atoms with E-state index in [1.54, 1.807) is 0 Å². The number of carbonyl (C=O) groups is 2. The van der Waals surface area contributed by atoms with Crippen LogP contribution in [0.4, 0.5) is 0 Å². The van der Waals surface area contributed by atoms with E-state index < -0.39 is 26.5 Å². The molecule has 0 saturated heterocycles. The molecule has 90 heavy (non-hydrogen) atoms. The van der Waals surface area contributed by atoms with Gasteiger partial charge in [0.05, 0.1) is 27.7 Å². The molecule has 0 aromatic rings. The molecule has 0 spiro atoms. The van der Waals surface area contributed by atoms with Crippen molar-refractivity contribution in [3.05, 3.63) is 134 Å². The number of likely N-dealkylation sites (N-methyl/N-ethyl adjacent to an activating group) is 1. The van der Waals surface area contributed by atoms with Crippen molar-refractivity contribution in [2.45, 2.75) is 315 Å². The zero-order chi connectivity index (χ0) is 65.5. The van der Waals surface area contributed by atoms with Crippen LogP contribution in [0.2, 0.25) is 0 Å². The summed E-state index contributed by atoms with van der Waals surface area (Å²) in [6.45, 7) is 4.04. The van der Waals surface area contributed by atoms with Gasteiger partial charge in [0.1, 0.15) is 19.8 Å². The monoisotopic (exact) mass is 1270 g/mol. The topological polar surface area (TPSA) is 111 Å². The summed E-state index contributed by atoms with van der Waals surface area (Å²) in [7, 11) is 1.16. The Bertz CT molecular complexity index is 1980. The number of phosphoric ester groups is 1. The number of ether oxygens (including phenoxy) is 2. The lowest BCUT2D eigenvalue weighted by molar-refractivity contribution is -0.870. The molecule has 0 aliphatic heterocycles. The molecule has 2 atom stereocenters. The molecule has 9 nitrogen and oxygen atoms in total. The third-order valence-electron chi connectivity index (χ3n) is 15.7. The van der Waals surface area contributed by atoms with Crippen LogP contribution >= 0.6 is 7.82 Å². The fraction of sp³-hybridized carbons (Fsp3) is 0.700. The third kappa shape index (κ3) is 73.2. The zero-order valence-corrected chi connectivity index (χ0v) is 59.7. The molecule has 0 bridgehead atoms. The highest BCUT2D eigenvalue weighted by Crippen LogP contribution is 2.38. The molecule has 0 aliphatic carbocycles. The fourth-order valence-corrected chi connectivity index (χ4v) is 10.8. The molecule has 0 aliphatic rings. The van der Waals surface area contributed by atoms with Gasteiger partial charge in [-0.1, -0.05) is 321 Å². The molecule has 0 fully saturated rings. The second kappa shape index (κ2) is 69.5. The zero-order valence-electron chi connectivity index (χ0n) is 58.8. The highest BCUT2D eigenvalue weighted by atomic mass is 31.2. The van der Waals surface area contributed by atoms with Gasteiger partial charge in [-0.05, 0) is 109 Å². The molecule has 10 heteroatoms. The number of phosphoric acid groups is 1. The van der Waals surface area contributed by atoms with E-state index in [1.165, 1.54) is 167 Å². The predicted octanol–water partition coefficient (Wildman–Crippen LogP) is 23.8. The molecular formula is C80H138NO8P. The number of rotatable bonds is 67. The molecule has 0 heterocycles. The number of hydrogen-bond donors (Lipinski definition) is 0. The van der Waals surface area contributed by atoms with Crippen LogP contribution in [-0.2, 0) is 32.7 Å². The number of unbranched alkanes of at least 4 members (excludes halogenated alkanes) is 31. The number of hydrogen-bond acceptors (Lipinski definition) is 8. The van der Waals surface area contributed by atoms with Gasteiger partial charge >= 0.3 is 11.9 Å². The number of quaternary nitrogens is 1. The Morgan fingerprint density at radius 2 is 0.600 bits per heavy atom. The van der Waals surface area contributed by atoms with Crippen molar-refractivity contribution in [2.75, 3.05) is 47.5 Å². The minimum Gasteiger partial charge on any atom is -0.756 e. The van der Waals surface area contributed by atoms with Gasteiger partial charge in [0, 0.05) is 12.8 Å². The molecule has 2 unspecified atom stereocenters. The van der Waals surface area contributed by atoms with Crippen molar-refractivity contribution >= 4 is 19.8 Å². The van der Waals surface area contributed by atoms with Crippen LogP contribution in [0.1, 0.15) is 309 Å². The molecule has 0 N–H and O–H groups in total. The van der Waals surface area contributed by atoms with Gasteiger partial charge in [-0.3, -0.25) is 14.2 Å². The summed E-state index contributed by atoms with van der Waals surface area (Å²) in [5.41, 5.74) is 0. The van der Waals surface area contributed by atoms with Crippen LogP contribution < -0.4 is 4.89 Å². The molecule has 0 aromatic heterocycles. The maximum Gasteiger partial charge on any atom is 0.306 e. The first-order valence-corrected chi connectivity index (χ1v) is 38.4. The largest absolute Gasteiger partial charge is 0.756 e. The summed E-state index contributed by atoms with van der Waals surface area (Å²) in [5, 5.41) is 0. The number of esters is 2. The normalized spacial score (nSPS) is 13.9. The fourth-order valence-electron chi connectivity index (χ4n) is 10.1. The van der Waals surface area contributed by atoms with E-state index in [4.69, 9.17) is 18.5 Å². The van der Waals surface area contributed by atoms with Crippen LogP contribution in [0.5, 0.6) is 0 Å².